The summed E-state index contributed by atoms with van der Waals surface area (Å²) in [7, 11) is 1.68. The fraction of sp³-hybridized carbons (Fsp3) is 0.600. The molecule has 0 saturated carbocycles. The summed E-state index contributed by atoms with van der Waals surface area (Å²) in [5.41, 5.74) is 1.20. The number of hydrogen-bond acceptors (Lipinski definition) is 3. The van der Waals surface area contributed by atoms with E-state index in [1.54, 1.807) is 7.11 Å². The lowest BCUT2D eigenvalue weighted by Crippen LogP contribution is -2.42. The van der Waals surface area contributed by atoms with Crippen molar-refractivity contribution in [1.29, 1.82) is 0 Å². The third kappa shape index (κ3) is 3.25. The van der Waals surface area contributed by atoms with Crippen LogP contribution in [0.1, 0.15) is 45.2 Å². The maximum Gasteiger partial charge on any atom is 0.137 e. The van der Waals surface area contributed by atoms with Gasteiger partial charge in [0.25, 0.3) is 0 Å². The van der Waals surface area contributed by atoms with Gasteiger partial charge in [-0.3, -0.25) is 0 Å². The Labute approximate surface area is 119 Å². The van der Waals surface area contributed by atoms with Crippen molar-refractivity contribution in [3.63, 3.8) is 0 Å². The lowest BCUT2D eigenvalue weighted by molar-refractivity contribution is 0.377. The minimum Gasteiger partial charge on any atom is -0.597 e. The van der Waals surface area contributed by atoms with Crippen molar-refractivity contribution in [3.05, 3.63) is 29.8 Å². The fourth-order valence-corrected chi connectivity index (χ4v) is 3.93. The normalized spacial score (nSPS) is 22.5. The average Bonchev–Trinajstić information content (AvgIpc) is 2.85. The largest absolute Gasteiger partial charge is 0.597 e. The van der Waals surface area contributed by atoms with Gasteiger partial charge in [-0.15, -0.1) is 4.31 Å². The van der Waals surface area contributed by atoms with Crippen LogP contribution in [0.4, 0.5) is 0 Å². The molecule has 1 fully saturated rings. The van der Waals surface area contributed by atoms with E-state index < -0.39 is 11.4 Å². The summed E-state index contributed by atoms with van der Waals surface area (Å²) in [6.07, 6.45) is 2.17. The first kappa shape index (κ1) is 14.7. The van der Waals surface area contributed by atoms with Crippen LogP contribution >= 0.6 is 0 Å². The second kappa shape index (κ2) is 5.73. The molecule has 2 rings (SSSR count). The molecule has 1 saturated heterocycles. The van der Waals surface area contributed by atoms with Crippen molar-refractivity contribution in [2.75, 3.05) is 13.7 Å². The molecule has 2 atom stereocenters. The first-order chi connectivity index (χ1) is 8.93. The Morgan fingerprint density at radius 3 is 2.74 bits per heavy atom. The number of hydrogen-bond donors (Lipinski definition) is 0. The number of nitrogens with zero attached hydrogens (tertiary/aromatic N) is 1. The van der Waals surface area contributed by atoms with Gasteiger partial charge in [-0.2, -0.15) is 0 Å². The first-order valence-corrected chi connectivity index (χ1v) is 7.87. The summed E-state index contributed by atoms with van der Waals surface area (Å²) in [6, 6.07) is 8.36. The molecule has 1 aliphatic heterocycles. The molecular formula is C15H23NO2S. The van der Waals surface area contributed by atoms with Gasteiger partial charge in [0, 0.05) is 17.9 Å². The van der Waals surface area contributed by atoms with Crippen molar-refractivity contribution in [2.45, 2.75) is 44.4 Å². The van der Waals surface area contributed by atoms with Gasteiger partial charge in [0.2, 0.25) is 0 Å². The molecule has 106 valence electrons. The Morgan fingerprint density at radius 1 is 1.37 bits per heavy atom. The third-order valence-corrected chi connectivity index (χ3v) is 5.33. The Bertz CT molecular complexity index is 430. The highest BCUT2D eigenvalue weighted by Crippen LogP contribution is 2.38. The maximum atomic E-state index is 12.6. The molecule has 0 aliphatic carbocycles. The average molecular weight is 281 g/mol. The molecular weight excluding hydrogens is 258 g/mol. The summed E-state index contributed by atoms with van der Waals surface area (Å²) in [6.45, 7) is 7.00. The first-order valence-electron chi connectivity index (χ1n) is 6.76. The van der Waals surface area contributed by atoms with E-state index in [0.29, 0.717) is 0 Å². The van der Waals surface area contributed by atoms with Gasteiger partial charge in [0.15, 0.2) is 0 Å². The smallest absolute Gasteiger partial charge is 0.137 e. The predicted octanol–water partition coefficient (Wildman–Crippen LogP) is 3.29. The van der Waals surface area contributed by atoms with Gasteiger partial charge < -0.3 is 9.29 Å². The molecule has 1 aliphatic rings. The number of ether oxygens (including phenoxy) is 1. The molecule has 0 amide bonds. The van der Waals surface area contributed by atoms with Gasteiger partial charge in [-0.05, 0) is 51.3 Å². The van der Waals surface area contributed by atoms with E-state index in [-0.39, 0.29) is 10.8 Å². The van der Waals surface area contributed by atoms with Crippen LogP contribution in [0.2, 0.25) is 0 Å². The molecule has 0 radical (unpaired) electrons. The Kier molecular flexibility index (Phi) is 4.43. The Hall–Kier alpha value is -0.710. The van der Waals surface area contributed by atoms with E-state index in [0.717, 1.165) is 25.1 Å². The summed E-state index contributed by atoms with van der Waals surface area (Å²) >= 11 is -0.959. The van der Waals surface area contributed by atoms with Crippen molar-refractivity contribution in [2.24, 2.45) is 0 Å². The van der Waals surface area contributed by atoms with Crippen LogP contribution in [0.3, 0.4) is 0 Å². The molecule has 0 aromatic heterocycles. The number of methoxy groups -OCH3 is 1. The lowest BCUT2D eigenvalue weighted by Gasteiger charge is -2.33. The standard InChI is InChI=1S/C15H23NO2S/c1-15(2,3)19(17)16-10-6-9-14(16)12-7-5-8-13(11-12)18-4/h5,7-8,11,14H,6,9-10H2,1-4H3/t14-,19-/m0/s1. The zero-order chi connectivity index (χ0) is 14.0. The van der Waals surface area contributed by atoms with Crippen LogP contribution < -0.4 is 4.74 Å². The molecule has 1 aromatic carbocycles. The minimum atomic E-state index is -0.959. The second-order valence-electron chi connectivity index (χ2n) is 5.94. The van der Waals surface area contributed by atoms with Crippen LogP contribution in [0, 0.1) is 0 Å². The molecule has 19 heavy (non-hydrogen) atoms. The summed E-state index contributed by atoms with van der Waals surface area (Å²) in [5.74, 6) is 0.867. The van der Waals surface area contributed by atoms with Crippen LogP contribution in [0.25, 0.3) is 0 Å². The van der Waals surface area contributed by atoms with Gasteiger partial charge >= 0.3 is 0 Å². The van der Waals surface area contributed by atoms with Gasteiger partial charge in [0.05, 0.1) is 13.2 Å². The van der Waals surface area contributed by atoms with Crippen LogP contribution in [0.15, 0.2) is 24.3 Å². The summed E-state index contributed by atoms with van der Waals surface area (Å²) in [4.78, 5) is 0. The SMILES string of the molecule is COc1cccc([C@@H]2CCCN2[S@@+]([O-])C(C)(C)C)c1. The monoisotopic (exact) mass is 281 g/mol. The molecule has 1 aromatic rings. The highest BCUT2D eigenvalue weighted by Gasteiger charge is 2.41. The summed E-state index contributed by atoms with van der Waals surface area (Å²) < 4.78 is 19.8. The van der Waals surface area contributed by atoms with Gasteiger partial charge in [-0.1, -0.05) is 12.1 Å². The molecule has 0 N–H and O–H groups in total. The van der Waals surface area contributed by atoms with E-state index in [2.05, 4.69) is 16.4 Å². The zero-order valence-corrected chi connectivity index (χ0v) is 13.0. The highest BCUT2D eigenvalue weighted by atomic mass is 32.2. The van der Waals surface area contributed by atoms with E-state index >= 15 is 0 Å². The van der Waals surface area contributed by atoms with Crippen molar-refractivity contribution < 1.29 is 9.29 Å². The predicted molar refractivity (Wildman–Crippen MR) is 79.6 cm³/mol. The number of benzene rings is 1. The van der Waals surface area contributed by atoms with Crippen LogP contribution in [-0.2, 0) is 11.4 Å². The van der Waals surface area contributed by atoms with Crippen LogP contribution in [-0.4, -0.2) is 27.3 Å². The summed E-state index contributed by atoms with van der Waals surface area (Å²) in [5, 5.41) is 0. The lowest BCUT2D eigenvalue weighted by atomic mass is 10.1. The Morgan fingerprint density at radius 2 is 2.11 bits per heavy atom. The number of rotatable bonds is 3. The second-order valence-corrected chi connectivity index (χ2v) is 8.13. The molecule has 1 heterocycles. The zero-order valence-electron chi connectivity index (χ0n) is 12.2. The Balaban J connectivity index is 2.23. The molecule has 4 heteroatoms. The fourth-order valence-electron chi connectivity index (χ4n) is 2.47. The van der Waals surface area contributed by atoms with E-state index in [4.69, 9.17) is 4.74 Å². The molecule has 0 spiro atoms. The molecule has 3 nitrogen and oxygen atoms in total. The molecule has 0 unspecified atom stereocenters. The van der Waals surface area contributed by atoms with Gasteiger partial charge in [0.1, 0.15) is 10.5 Å². The minimum absolute atomic E-state index is 0.207. The topological polar surface area (TPSA) is 35.5 Å². The van der Waals surface area contributed by atoms with Crippen molar-refractivity contribution >= 4 is 11.4 Å². The van der Waals surface area contributed by atoms with E-state index in [1.807, 2.05) is 32.9 Å². The maximum absolute atomic E-state index is 12.6. The highest BCUT2D eigenvalue weighted by molar-refractivity contribution is 7.90. The third-order valence-electron chi connectivity index (χ3n) is 3.42. The van der Waals surface area contributed by atoms with Gasteiger partial charge in [-0.25, -0.2) is 0 Å². The quantitative estimate of drug-likeness (QED) is 0.798. The van der Waals surface area contributed by atoms with Crippen molar-refractivity contribution in [1.82, 2.24) is 4.31 Å². The van der Waals surface area contributed by atoms with E-state index in [1.165, 1.54) is 5.56 Å². The van der Waals surface area contributed by atoms with Crippen molar-refractivity contribution in [3.8, 4) is 5.75 Å². The molecule has 0 bridgehead atoms. The van der Waals surface area contributed by atoms with Crippen LogP contribution in [0.5, 0.6) is 5.75 Å². The van der Waals surface area contributed by atoms with E-state index in [9.17, 15) is 4.55 Å².